The number of ether oxygens (including phenoxy) is 1. The first kappa shape index (κ1) is 20.6. The van der Waals surface area contributed by atoms with Crippen molar-refractivity contribution in [2.45, 2.75) is 12.6 Å². The number of fused-ring (bicyclic) bond motifs is 1. The monoisotopic (exact) mass is 458 g/mol. The molecule has 4 aromatic carbocycles. The number of hydrogen-bond donors (Lipinski definition) is 0. The average molecular weight is 459 g/mol. The van der Waals surface area contributed by atoms with Gasteiger partial charge in [0.2, 0.25) is 0 Å². The van der Waals surface area contributed by atoms with Gasteiger partial charge in [-0.1, -0.05) is 83.9 Å². The zero-order chi connectivity index (χ0) is 21.9. The first-order chi connectivity index (χ1) is 15.7. The summed E-state index contributed by atoms with van der Waals surface area (Å²) in [4.78, 5) is 4.28. The van der Waals surface area contributed by atoms with Crippen LogP contribution in [0.3, 0.4) is 0 Å². The van der Waals surface area contributed by atoms with E-state index in [1.165, 1.54) is 16.3 Å². The molecule has 1 unspecified atom stereocenters. The van der Waals surface area contributed by atoms with Gasteiger partial charge in [0.15, 0.2) is 0 Å². The highest BCUT2D eigenvalue weighted by atomic mass is 35.5. The minimum atomic E-state index is -0.00402. The van der Waals surface area contributed by atoms with E-state index in [1.807, 2.05) is 49.1 Å². The molecule has 0 N–H and O–H groups in total. The molecular formula is C27H20Cl2N2O. The van der Waals surface area contributed by atoms with Gasteiger partial charge in [0, 0.05) is 28.0 Å². The van der Waals surface area contributed by atoms with Crippen molar-refractivity contribution in [3.05, 3.63) is 130 Å². The molecule has 0 saturated carbocycles. The fourth-order valence-corrected chi connectivity index (χ4v) is 4.50. The summed E-state index contributed by atoms with van der Waals surface area (Å²) in [5, 5.41) is 3.64. The zero-order valence-electron chi connectivity index (χ0n) is 17.2. The van der Waals surface area contributed by atoms with Crippen LogP contribution in [-0.2, 0) is 6.61 Å². The van der Waals surface area contributed by atoms with Crippen LogP contribution in [0.5, 0.6) is 5.75 Å². The van der Waals surface area contributed by atoms with Gasteiger partial charge in [0.05, 0.1) is 12.4 Å². The predicted octanol–water partition coefficient (Wildman–Crippen LogP) is 7.56. The quantitative estimate of drug-likeness (QED) is 0.262. The average Bonchev–Trinajstić information content (AvgIpc) is 3.34. The Bertz CT molecular complexity index is 1320. The lowest BCUT2D eigenvalue weighted by atomic mass is 9.93. The van der Waals surface area contributed by atoms with Gasteiger partial charge in [-0.3, -0.25) is 0 Å². The van der Waals surface area contributed by atoms with Crippen molar-refractivity contribution >= 4 is 34.0 Å². The van der Waals surface area contributed by atoms with Crippen LogP contribution in [0.2, 0.25) is 10.0 Å². The summed E-state index contributed by atoms with van der Waals surface area (Å²) in [6.07, 6.45) is 5.66. The lowest BCUT2D eigenvalue weighted by molar-refractivity contribution is 0.306. The summed E-state index contributed by atoms with van der Waals surface area (Å²) >= 11 is 12.5. The fourth-order valence-electron chi connectivity index (χ4n) is 4.00. The highest BCUT2D eigenvalue weighted by Crippen LogP contribution is 2.33. The molecule has 0 bridgehead atoms. The number of benzene rings is 4. The molecule has 0 fully saturated rings. The van der Waals surface area contributed by atoms with Crippen LogP contribution in [0.15, 0.2) is 104 Å². The topological polar surface area (TPSA) is 27.1 Å². The van der Waals surface area contributed by atoms with Crippen molar-refractivity contribution in [1.29, 1.82) is 0 Å². The van der Waals surface area contributed by atoms with E-state index in [0.29, 0.717) is 16.7 Å². The third-order valence-corrected chi connectivity index (χ3v) is 6.29. The van der Waals surface area contributed by atoms with E-state index >= 15 is 0 Å². The Labute approximate surface area is 196 Å². The molecule has 0 saturated heterocycles. The SMILES string of the molecule is Clc1cccc(Cl)c1COc1ccc(C(c2cccc3ccccc23)n2ccnc2)cc1. The smallest absolute Gasteiger partial charge is 0.119 e. The Balaban J connectivity index is 1.47. The van der Waals surface area contributed by atoms with Gasteiger partial charge in [-0.25, -0.2) is 4.98 Å². The van der Waals surface area contributed by atoms with E-state index in [0.717, 1.165) is 16.9 Å². The normalized spacial score (nSPS) is 12.1. The summed E-state index contributed by atoms with van der Waals surface area (Å²) in [5.41, 5.74) is 3.15. The van der Waals surface area contributed by atoms with E-state index in [9.17, 15) is 0 Å². The Morgan fingerprint density at radius 2 is 1.53 bits per heavy atom. The highest BCUT2D eigenvalue weighted by molar-refractivity contribution is 6.35. The van der Waals surface area contributed by atoms with Crippen molar-refractivity contribution in [2.75, 3.05) is 0 Å². The van der Waals surface area contributed by atoms with E-state index in [2.05, 4.69) is 64.1 Å². The van der Waals surface area contributed by atoms with Crippen LogP contribution < -0.4 is 4.74 Å². The van der Waals surface area contributed by atoms with Gasteiger partial charge < -0.3 is 9.30 Å². The van der Waals surface area contributed by atoms with Crippen LogP contribution in [0.4, 0.5) is 0 Å². The summed E-state index contributed by atoms with van der Waals surface area (Å²) in [5.74, 6) is 0.757. The number of hydrogen-bond acceptors (Lipinski definition) is 2. The standard InChI is InChI=1S/C27H20Cl2N2O/c28-25-9-4-10-26(29)24(25)17-32-21-13-11-20(12-14-21)27(31-16-15-30-18-31)23-8-3-6-19-5-1-2-7-22(19)23/h1-16,18,27H,17H2. The third-order valence-electron chi connectivity index (χ3n) is 5.58. The Morgan fingerprint density at radius 3 is 2.28 bits per heavy atom. The second kappa shape index (κ2) is 9.07. The van der Waals surface area contributed by atoms with Gasteiger partial charge in [0.25, 0.3) is 0 Å². The molecule has 1 aromatic heterocycles. The molecule has 0 spiro atoms. The van der Waals surface area contributed by atoms with Crippen molar-refractivity contribution in [1.82, 2.24) is 9.55 Å². The Hall–Kier alpha value is -3.27. The van der Waals surface area contributed by atoms with E-state index in [4.69, 9.17) is 27.9 Å². The maximum atomic E-state index is 6.26. The first-order valence-electron chi connectivity index (χ1n) is 10.3. The van der Waals surface area contributed by atoms with E-state index in [1.54, 1.807) is 0 Å². The molecule has 0 radical (unpaired) electrons. The molecule has 3 nitrogen and oxygen atoms in total. The van der Waals surface area contributed by atoms with Crippen LogP contribution in [0.1, 0.15) is 22.7 Å². The summed E-state index contributed by atoms with van der Waals surface area (Å²) < 4.78 is 8.09. The first-order valence-corrected chi connectivity index (χ1v) is 11.1. The minimum Gasteiger partial charge on any atom is -0.489 e. The molecule has 158 valence electrons. The fraction of sp³-hybridized carbons (Fsp3) is 0.0741. The molecule has 5 rings (SSSR count). The largest absolute Gasteiger partial charge is 0.489 e. The van der Waals surface area contributed by atoms with Gasteiger partial charge in [-0.15, -0.1) is 0 Å². The van der Waals surface area contributed by atoms with Crippen molar-refractivity contribution in [2.24, 2.45) is 0 Å². The summed E-state index contributed by atoms with van der Waals surface area (Å²) in [6, 6.07) is 28.5. The van der Waals surface area contributed by atoms with Crippen molar-refractivity contribution in [3.63, 3.8) is 0 Å². The molecule has 1 atom stereocenters. The molecule has 5 aromatic rings. The van der Waals surface area contributed by atoms with E-state index in [-0.39, 0.29) is 6.04 Å². The zero-order valence-corrected chi connectivity index (χ0v) is 18.7. The van der Waals surface area contributed by atoms with Crippen LogP contribution in [-0.4, -0.2) is 9.55 Å². The molecule has 0 aliphatic carbocycles. The van der Waals surface area contributed by atoms with Crippen LogP contribution >= 0.6 is 23.2 Å². The van der Waals surface area contributed by atoms with Crippen molar-refractivity contribution in [3.8, 4) is 5.75 Å². The molecular weight excluding hydrogens is 439 g/mol. The van der Waals surface area contributed by atoms with Crippen LogP contribution in [0.25, 0.3) is 10.8 Å². The van der Waals surface area contributed by atoms with Gasteiger partial charge in [-0.05, 0) is 46.2 Å². The lowest BCUT2D eigenvalue weighted by Crippen LogP contribution is -2.11. The molecule has 5 heteroatoms. The lowest BCUT2D eigenvalue weighted by Gasteiger charge is -2.22. The maximum Gasteiger partial charge on any atom is 0.119 e. The number of nitrogens with zero attached hydrogens (tertiary/aromatic N) is 2. The second-order valence-corrected chi connectivity index (χ2v) is 8.35. The number of rotatable bonds is 6. The molecule has 0 aliphatic rings. The predicted molar refractivity (Wildman–Crippen MR) is 131 cm³/mol. The molecule has 0 aliphatic heterocycles. The van der Waals surface area contributed by atoms with Gasteiger partial charge >= 0.3 is 0 Å². The number of imidazole rings is 1. The van der Waals surface area contributed by atoms with Gasteiger partial charge in [-0.2, -0.15) is 0 Å². The molecule has 0 amide bonds. The third kappa shape index (κ3) is 4.10. The Morgan fingerprint density at radius 1 is 0.812 bits per heavy atom. The maximum absolute atomic E-state index is 6.26. The second-order valence-electron chi connectivity index (χ2n) is 7.54. The number of halogens is 2. The van der Waals surface area contributed by atoms with E-state index < -0.39 is 0 Å². The minimum absolute atomic E-state index is 0.00402. The highest BCUT2D eigenvalue weighted by Gasteiger charge is 2.18. The molecule has 1 heterocycles. The number of aromatic nitrogens is 2. The molecule has 32 heavy (non-hydrogen) atoms. The summed E-state index contributed by atoms with van der Waals surface area (Å²) in [6.45, 7) is 0.312. The van der Waals surface area contributed by atoms with Gasteiger partial charge in [0.1, 0.15) is 12.4 Å². The summed E-state index contributed by atoms with van der Waals surface area (Å²) in [7, 11) is 0. The van der Waals surface area contributed by atoms with Crippen LogP contribution in [0, 0.1) is 0 Å². The van der Waals surface area contributed by atoms with Crippen molar-refractivity contribution < 1.29 is 4.74 Å². The Kier molecular flexibility index (Phi) is 5.85.